The molecular weight excluding hydrogens is 468 g/mol. The lowest BCUT2D eigenvalue weighted by molar-refractivity contribution is 0.0730. The molecular formula is C30H28N2O3S. The second-order valence-corrected chi connectivity index (χ2v) is 11.0. The predicted molar refractivity (Wildman–Crippen MR) is 142 cm³/mol. The first-order valence-corrected chi connectivity index (χ1v) is 13.5. The van der Waals surface area contributed by atoms with Crippen LogP contribution >= 0.6 is 0 Å². The molecule has 0 unspecified atom stereocenters. The average molecular weight is 497 g/mol. The zero-order valence-electron chi connectivity index (χ0n) is 20.1. The highest BCUT2D eigenvalue weighted by atomic mass is 32.2. The lowest BCUT2D eigenvalue weighted by Gasteiger charge is -2.25. The van der Waals surface area contributed by atoms with Crippen molar-refractivity contribution in [3.63, 3.8) is 0 Å². The molecule has 1 aliphatic rings. The summed E-state index contributed by atoms with van der Waals surface area (Å²) in [6.45, 7) is 2.87. The predicted octanol–water partition coefficient (Wildman–Crippen LogP) is 5.67. The van der Waals surface area contributed by atoms with E-state index < -0.39 is 10.0 Å². The van der Waals surface area contributed by atoms with Crippen molar-refractivity contribution in [2.24, 2.45) is 0 Å². The topological polar surface area (TPSA) is 57.7 Å². The van der Waals surface area contributed by atoms with Crippen LogP contribution < -0.4 is 4.31 Å². The van der Waals surface area contributed by atoms with Gasteiger partial charge in [-0.05, 0) is 60.4 Å². The molecule has 0 saturated heterocycles. The van der Waals surface area contributed by atoms with Crippen LogP contribution in [0.15, 0.2) is 114 Å². The fraction of sp³-hybridized carbons (Fsp3) is 0.167. The number of benzene rings is 4. The van der Waals surface area contributed by atoms with Gasteiger partial charge < -0.3 is 4.90 Å². The van der Waals surface area contributed by atoms with Crippen LogP contribution in [0.3, 0.4) is 0 Å². The molecule has 5 nitrogen and oxygen atoms in total. The third-order valence-corrected chi connectivity index (χ3v) is 8.44. The highest BCUT2D eigenvalue weighted by Crippen LogP contribution is 2.37. The van der Waals surface area contributed by atoms with Crippen molar-refractivity contribution in [3.8, 4) is 0 Å². The second-order valence-electron chi connectivity index (χ2n) is 9.14. The molecule has 0 N–H and O–H groups in total. The van der Waals surface area contributed by atoms with E-state index in [-0.39, 0.29) is 16.8 Å². The lowest BCUT2D eigenvalue weighted by atomic mass is 10.1. The molecule has 4 aromatic rings. The third kappa shape index (κ3) is 4.77. The van der Waals surface area contributed by atoms with Crippen molar-refractivity contribution < 1.29 is 13.2 Å². The number of sulfonamides is 1. The maximum atomic E-state index is 13.7. The van der Waals surface area contributed by atoms with Gasteiger partial charge in [-0.15, -0.1) is 0 Å². The fourth-order valence-electron chi connectivity index (χ4n) is 4.80. The Hall–Kier alpha value is -3.90. The number of carbonyl (C=O) groups is 1. The zero-order chi connectivity index (χ0) is 25.1. The summed E-state index contributed by atoms with van der Waals surface area (Å²) in [4.78, 5) is 15.8. The Bertz CT molecular complexity index is 1410. The van der Waals surface area contributed by atoms with Crippen LogP contribution in [0.1, 0.15) is 34.0 Å². The highest BCUT2D eigenvalue weighted by molar-refractivity contribution is 7.92. The van der Waals surface area contributed by atoms with Gasteiger partial charge in [0.15, 0.2) is 0 Å². The van der Waals surface area contributed by atoms with Crippen molar-refractivity contribution in [1.29, 1.82) is 0 Å². The first kappa shape index (κ1) is 23.8. The van der Waals surface area contributed by atoms with Crippen LogP contribution in [0.5, 0.6) is 0 Å². The SMILES string of the molecule is C[C@@H]1Cc2cc(C(=O)N(Cc3ccccc3)Cc3ccccc3)ccc2N1S(=O)(=O)c1ccccc1. The molecule has 0 saturated carbocycles. The number of hydrogen-bond acceptors (Lipinski definition) is 3. The normalized spacial score (nSPS) is 14.9. The summed E-state index contributed by atoms with van der Waals surface area (Å²) >= 11 is 0. The van der Waals surface area contributed by atoms with Crippen molar-refractivity contribution >= 4 is 21.6 Å². The summed E-state index contributed by atoms with van der Waals surface area (Å²) in [7, 11) is -3.69. The van der Waals surface area contributed by atoms with Gasteiger partial charge in [0.05, 0.1) is 10.6 Å². The van der Waals surface area contributed by atoms with Gasteiger partial charge in [-0.1, -0.05) is 78.9 Å². The first-order chi connectivity index (χ1) is 17.4. The Morgan fingerprint density at radius 3 is 1.89 bits per heavy atom. The largest absolute Gasteiger partial charge is 0.330 e. The summed E-state index contributed by atoms with van der Waals surface area (Å²) in [6, 6.07) is 33.5. The molecule has 4 aromatic carbocycles. The van der Waals surface area contributed by atoms with E-state index in [2.05, 4.69) is 0 Å². The Balaban J connectivity index is 1.46. The molecule has 36 heavy (non-hydrogen) atoms. The third-order valence-electron chi connectivity index (χ3n) is 6.50. The van der Waals surface area contributed by atoms with Gasteiger partial charge in [0.2, 0.25) is 0 Å². The van der Waals surface area contributed by atoms with Crippen LogP contribution in [0.25, 0.3) is 0 Å². The van der Waals surface area contributed by atoms with Crippen LogP contribution in [-0.2, 0) is 29.5 Å². The molecule has 6 heteroatoms. The fourth-order valence-corrected chi connectivity index (χ4v) is 6.51. The monoisotopic (exact) mass is 496 g/mol. The molecule has 0 aromatic heterocycles. The number of nitrogens with zero attached hydrogens (tertiary/aromatic N) is 2. The van der Waals surface area contributed by atoms with Gasteiger partial charge in [0.1, 0.15) is 0 Å². The van der Waals surface area contributed by atoms with E-state index in [4.69, 9.17) is 0 Å². The molecule has 1 aliphatic heterocycles. The Morgan fingerprint density at radius 1 is 0.806 bits per heavy atom. The van der Waals surface area contributed by atoms with E-state index in [1.807, 2.05) is 78.6 Å². The van der Waals surface area contributed by atoms with Gasteiger partial charge >= 0.3 is 0 Å². The first-order valence-electron chi connectivity index (χ1n) is 12.0. The van der Waals surface area contributed by atoms with Crippen LogP contribution in [0.4, 0.5) is 5.69 Å². The molecule has 0 bridgehead atoms. The van der Waals surface area contributed by atoms with E-state index in [1.54, 1.807) is 42.5 Å². The maximum absolute atomic E-state index is 13.7. The molecule has 1 atom stereocenters. The van der Waals surface area contributed by atoms with E-state index in [9.17, 15) is 13.2 Å². The van der Waals surface area contributed by atoms with E-state index in [0.29, 0.717) is 30.8 Å². The smallest absolute Gasteiger partial charge is 0.264 e. The second kappa shape index (κ2) is 9.99. The molecule has 0 spiro atoms. The number of hydrogen-bond donors (Lipinski definition) is 0. The number of anilines is 1. The van der Waals surface area contributed by atoms with Crippen molar-refractivity contribution in [3.05, 3.63) is 131 Å². The number of carbonyl (C=O) groups excluding carboxylic acids is 1. The van der Waals surface area contributed by atoms with E-state index in [1.165, 1.54) is 4.31 Å². The standard InChI is InChI=1S/C30H28N2O3S/c1-23-19-27-20-26(17-18-29(27)32(23)36(34,35)28-15-9-4-10-16-28)30(33)31(21-24-11-5-2-6-12-24)22-25-13-7-3-8-14-25/h2-18,20,23H,19,21-22H2,1H3/t23-/m1/s1. The molecule has 0 aliphatic carbocycles. The quantitative estimate of drug-likeness (QED) is 0.331. The molecule has 182 valence electrons. The molecule has 1 amide bonds. The summed E-state index contributed by atoms with van der Waals surface area (Å²) in [6.07, 6.45) is 0.555. The molecule has 0 fully saturated rings. The number of amides is 1. The van der Waals surface area contributed by atoms with Gasteiger partial charge in [-0.2, -0.15) is 0 Å². The summed E-state index contributed by atoms with van der Waals surface area (Å²) in [5, 5.41) is 0. The van der Waals surface area contributed by atoms with Crippen molar-refractivity contribution in [2.75, 3.05) is 4.31 Å². The van der Waals surface area contributed by atoms with Crippen LogP contribution in [0, 0.1) is 0 Å². The number of rotatable bonds is 7. The summed E-state index contributed by atoms with van der Waals surface area (Å²) in [5.74, 6) is -0.0810. The minimum atomic E-state index is -3.69. The van der Waals surface area contributed by atoms with Gasteiger partial charge in [0.25, 0.3) is 15.9 Å². The minimum absolute atomic E-state index is 0.0810. The lowest BCUT2D eigenvalue weighted by Crippen LogP contribution is -2.35. The average Bonchev–Trinajstić information content (AvgIpc) is 3.25. The molecule has 5 rings (SSSR count). The Labute approximate surface area is 212 Å². The maximum Gasteiger partial charge on any atom is 0.264 e. The Morgan fingerprint density at radius 2 is 1.33 bits per heavy atom. The molecule has 1 heterocycles. The summed E-state index contributed by atoms with van der Waals surface area (Å²) < 4.78 is 28.3. The Kier molecular flexibility index (Phi) is 6.61. The van der Waals surface area contributed by atoms with Crippen LogP contribution in [0.2, 0.25) is 0 Å². The van der Waals surface area contributed by atoms with Gasteiger partial charge in [0, 0.05) is 24.7 Å². The highest BCUT2D eigenvalue weighted by Gasteiger charge is 2.36. The van der Waals surface area contributed by atoms with E-state index >= 15 is 0 Å². The van der Waals surface area contributed by atoms with Crippen molar-refractivity contribution in [2.45, 2.75) is 37.4 Å². The summed E-state index contributed by atoms with van der Waals surface area (Å²) in [5.41, 5.74) is 4.17. The van der Waals surface area contributed by atoms with Crippen LogP contribution in [-0.4, -0.2) is 25.3 Å². The van der Waals surface area contributed by atoms with Crippen molar-refractivity contribution in [1.82, 2.24) is 4.90 Å². The van der Waals surface area contributed by atoms with Gasteiger partial charge in [-0.25, -0.2) is 8.42 Å². The minimum Gasteiger partial charge on any atom is -0.330 e. The molecule has 0 radical (unpaired) electrons. The van der Waals surface area contributed by atoms with Gasteiger partial charge in [-0.3, -0.25) is 9.10 Å². The zero-order valence-corrected chi connectivity index (χ0v) is 20.9. The number of fused-ring (bicyclic) bond motifs is 1. The van der Waals surface area contributed by atoms with E-state index in [0.717, 1.165) is 16.7 Å².